The van der Waals surface area contributed by atoms with E-state index in [2.05, 4.69) is 46.8 Å². The molecule has 0 aliphatic carbocycles. The van der Waals surface area contributed by atoms with Crippen molar-refractivity contribution in [1.82, 2.24) is 15.1 Å². The summed E-state index contributed by atoms with van der Waals surface area (Å²) in [5.74, 6) is -0.0603. The van der Waals surface area contributed by atoms with Crippen molar-refractivity contribution in [2.45, 2.75) is 46.3 Å². The lowest BCUT2D eigenvalue weighted by Gasteiger charge is -2.12. The van der Waals surface area contributed by atoms with E-state index in [9.17, 15) is 4.79 Å². The van der Waals surface area contributed by atoms with E-state index in [1.807, 2.05) is 36.7 Å². The number of hydrogen-bond acceptors (Lipinski definition) is 2. The highest BCUT2D eigenvalue weighted by Gasteiger charge is 2.19. The molecule has 0 atom stereocenters. The summed E-state index contributed by atoms with van der Waals surface area (Å²) in [5.41, 5.74) is 6.01. The molecule has 3 aromatic rings. The summed E-state index contributed by atoms with van der Waals surface area (Å²) in [6.45, 7) is 8.74. The van der Waals surface area contributed by atoms with Crippen LogP contribution in [0.2, 0.25) is 0 Å². The van der Waals surface area contributed by atoms with Crippen LogP contribution in [-0.2, 0) is 19.6 Å². The summed E-state index contributed by atoms with van der Waals surface area (Å²) >= 11 is 0. The second-order valence-electron chi connectivity index (χ2n) is 8.32. The Morgan fingerprint density at radius 1 is 0.967 bits per heavy atom. The number of aryl methyl sites for hydroxylation is 1. The molecular formula is C25H31N4O+. The second kappa shape index (κ2) is 9.26. The first kappa shape index (κ1) is 20.4. The van der Waals surface area contributed by atoms with E-state index in [1.165, 1.54) is 37.1 Å². The van der Waals surface area contributed by atoms with Crippen LogP contribution in [0.1, 0.15) is 51.3 Å². The van der Waals surface area contributed by atoms with E-state index in [1.54, 1.807) is 4.90 Å². The van der Waals surface area contributed by atoms with Crippen LogP contribution in [-0.4, -0.2) is 28.8 Å². The van der Waals surface area contributed by atoms with Crippen LogP contribution < -0.4 is 10.2 Å². The number of rotatable bonds is 7. The molecule has 156 valence electrons. The Morgan fingerprint density at radius 3 is 2.33 bits per heavy atom. The Bertz CT molecular complexity index is 986. The molecule has 4 rings (SSSR count). The summed E-state index contributed by atoms with van der Waals surface area (Å²) < 4.78 is 1.91. The van der Waals surface area contributed by atoms with Gasteiger partial charge in [-0.1, -0.05) is 54.6 Å². The van der Waals surface area contributed by atoms with Crippen LogP contribution in [0.4, 0.5) is 0 Å². The highest BCUT2D eigenvalue weighted by atomic mass is 16.1. The first-order valence-electron chi connectivity index (χ1n) is 10.9. The van der Waals surface area contributed by atoms with Crippen LogP contribution in [0, 0.1) is 13.8 Å². The van der Waals surface area contributed by atoms with Gasteiger partial charge in [0.15, 0.2) is 0 Å². The van der Waals surface area contributed by atoms with Gasteiger partial charge in [0.2, 0.25) is 0 Å². The average molecular weight is 404 g/mol. The van der Waals surface area contributed by atoms with Crippen molar-refractivity contribution in [2.24, 2.45) is 0 Å². The Morgan fingerprint density at radius 2 is 1.63 bits per heavy atom. The van der Waals surface area contributed by atoms with Crippen molar-refractivity contribution >= 4 is 5.91 Å². The van der Waals surface area contributed by atoms with E-state index < -0.39 is 0 Å². The number of likely N-dealkylation sites (tertiary alicyclic amines) is 1. The Balaban J connectivity index is 1.37. The predicted octanol–water partition coefficient (Wildman–Crippen LogP) is 2.66. The Kier molecular flexibility index (Phi) is 6.29. The Labute approximate surface area is 178 Å². The molecule has 5 nitrogen and oxygen atoms in total. The van der Waals surface area contributed by atoms with E-state index in [0.29, 0.717) is 18.7 Å². The molecule has 0 spiro atoms. The highest BCUT2D eigenvalue weighted by Crippen LogP contribution is 2.15. The maximum absolute atomic E-state index is 12.9. The first-order valence-corrected chi connectivity index (χ1v) is 10.9. The predicted molar refractivity (Wildman–Crippen MR) is 118 cm³/mol. The van der Waals surface area contributed by atoms with Gasteiger partial charge in [-0.05, 0) is 25.0 Å². The number of hydrogen-bond donors (Lipinski definition) is 2. The van der Waals surface area contributed by atoms with Gasteiger partial charge in [0.05, 0.1) is 30.9 Å². The fourth-order valence-corrected chi connectivity index (χ4v) is 4.32. The van der Waals surface area contributed by atoms with Crippen LogP contribution >= 0.6 is 0 Å². The fraction of sp³-hybridized carbons (Fsp3) is 0.360. The highest BCUT2D eigenvalue weighted by molar-refractivity contribution is 5.96. The van der Waals surface area contributed by atoms with Crippen molar-refractivity contribution < 1.29 is 9.69 Å². The molecule has 30 heavy (non-hydrogen) atoms. The number of nitrogens with zero attached hydrogens (tertiary/aromatic N) is 2. The molecule has 1 aliphatic rings. The molecule has 1 fully saturated rings. The van der Waals surface area contributed by atoms with Gasteiger partial charge < -0.3 is 10.2 Å². The zero-order chi connectivity index (χ0) is 20.9. The Hall–Kier alpha value is -2.92. The van der Waals surface area contributed by atoms with Crippen molar-refractivity contribution in [3.05, 3.63) is 88.2 Å². The third-order valence-corrected chi connectivity index (χ3v) is 6.02. The SMILES string of the molecule is Cc1nn(Cc2ccccc2)c(C)c1C(=O)NCc1ccc(C[NH+]2CCCC2)cc1. The van der Waals surface area contributed by atoms with Crippen molar-refractivity contribution in [3.63, 3.8) is 0 Å². The lowest BCUT2D eigenvalue weighted by molar-refractivity contribution is -0.901. The van der Waals surface area contributed by atoms with Crippen molar-refractivity contribution in [1.29, 1.82) is 0 Å². The summed E-state index contributed by atoms with van der Waals surface area (Å²) in [4.78, 5) is 14.5. The zero-order valence-corrected chi connectivity index (χ0v) is 17.9. The number of carbonyl (C=O) groups excluding carboxylic acids is 1. The van der Waals surface area contributed by atoms with Crippen LogP contribution in [0.5, 0.6) is 0 Å². The number of aromatic nitrogens is 2. The van der Waals surface area contributed by atoms with Gasteiger partial charge in [-0.3, -0.25) is 9.48 Å². The molecule has 2 aromatic carbocycles. The molecule has 1 amide bonds. The lowest BCUT2D eigenvalue weighted by atomic mass is 10.1. The van der Waals surface area contributed by atoms with Crippen molar-refractivity contribution in [3.8, 4) is 0 Å². The second-order valence-corrected chi connectivity index (χ2v) is 8.32. The maximum atomic E-state index is 12.9. The molecular weight excluding hydrogens is 372 g/mol. The van der Waals surface area contributed by atoms with E-state index in [4.69, 9.17) is 0 Å². The quantitative estimate of drug-likeness (QED) is 0.637. The van der Waals surface area contributed by atoms with Gasteiger partial charge in [0, 0.05) is 30.6 Å². The molecule has 1 aromatic heterocycles. The minimum absolute atomic E-state index is 0.0603. The topological polar surface area (TPSA) is 51.4 Å². The van der Waals surface area contributed by atoms with Gasteiger partial charge in [0.1, 0.15) is 6.54 Å². The minimum atomic E-state index is -0.0603. The third kappa shape index (κ3) is 4.79. The van der Waals surface area contributed by atoms with Gasteiger partial charge in [-0.15, -0.1) is 0 Å². The largest absolute Gasteiger partial charge is 0.348 e. The number of amides is 1. The molecule has 2 N–H and O–H groups in total. The molecule has 0 radical (unpaired) electrons. The van der Waals surface area contributed by atoms with Gasteiger partial charge in [-0.2, -0.15) is 5.10 Å². The maximum Gasteiger partial charge on any atom is 0.255 e. The van der Waals surface area contributed by atoms with Crippen LogP contribution in [0.25, 0.3) is 0 Å². The normalized spacial score (nSPS) is 14.2. The number of carbonyl (C=O) groups is 1. The third-order valence-electron chi connectivity index (χ3n) is 6.02. The summed E-state index contributed by atoms with van der Waals surface area (Å²) in [7, 11) is 0. The average Bonchev–Trinajstić information content (AvgIpc) is 3.36. The molecule has 0 saturated carbocycles. The molecule has 2 heterocycles. The number of nitrogens with one attached hydrogen (secondary N) is 2. The van der Waals surface area contributed by atoms with Crippen LogP contribution in [0.3, 0.4) is 0 Å². The molecule has 5 heteroatoms. The zero-order valence-electron chi connectivity index (χ0n) is 17.9. The fourth-order valence-electron chi connectivity index (χ4n) is 4.32. The first-order chi connectivity index (χ1) is 14.6. The lowest BCUT2D eigenvalue weighted by Crippen LogP contribution is -3.08. The molecule has 0 unspecified atom stereocenters. The number of benzene rings is 2. The van der Waals surface area contributed by atoms with E-state index >= 15 is 0 Å². The summed E-state index contributed by atoms with van der Waals surface area (Å²) in [6.07, 6.45) is 2.69. The van der Waals surface area contributed by atoms with Crippen LogP contribution in [0.15, 0.2) is 54.6 Å². The van der Waals surface area contributed by atoms with E-state index in [0.717, 1.165) is 23.5 Å². The van der Waals surface area contributed by atoms with Crippen molar-refractivity contribution in [2.75, 3.05) is 13.1 Å². The van der Waals surface area contributed by atoms with Gasteiger partial charge in [-0.25, -0.2) is 0 Å². The minimum Gasteiger partial charge on any atom is -0.348 e. The standard InChI is InChI=1S/C25H30N4O/c1-19-24(20(2)29(27-19)18-22-8-4-3-5-9-22)25(30)26-16-21-10-12-23(13-11-21)17-28-14-6-7-15-28/h3-5,8-13H,6-7,14-18H2,1-2H3,(H,26,30)/p+1. The molecule has 1 aliphatic heterocycles. The smallest absolute Gasteiger partial charge is 0.255 e. The summed E-state index contributed by atoms with van der Waals surface area (Å²) in [6, 6.07) is 18.8. The van der Waals surface area contributed by atoms with Gasteiger partial charge >= 0.3 is 0 Å². The molecule has 1 saturated heterocycles. The monoisotopic (exact) mass is 403 g/mol. The number of quaternary nitrogens is 1. The summed E-state index contributed by atoms with van der Waals surface area (Å²) in [5, 5.41) is 7.66. The van der Waals surface area contributed by atoms with E-state index in [-0.39, 0.29) is 5.91 Å². The molecule has 0 bridgehead atoms. The van der Waals surface area contributed by atoms with Gasteiger partial charge in [0.25, 0.3) is 5.91 Å².